The van der Waals surface area contributed by atoms with E-state index in [2.05, 4.69) is 14.7 Å². The van der Waals surface area contributed by atoms with E-state index in [1.807, 2.05) is 0 Å². The van der Waals surface area contributed by atoms with Crippen LogP contribution in [0, 0.1) is 0 Å². The van der Waals surface area contributed by atoms with Gasteiger partial charge in [0, 0.05) is 38.4 Å². The first-order valence-corrected chi connectivity index (χ1v) is 7.35. The minimum Gasteiger partial charge on any atom is -0.349 e. The van der Waals surface area contributed by atoms with E-state index in [0.717, 1.165) is 25.1 Å². The van der Waals surface area contributed by atoms with Gasteiger partial charge in [0.2, 0.25) is 0 Å². The predicted octanol–water partition coefficient (Wildman–Crippen LogP) is 0.272. The maximum Gasteiger partial charge on any atom is 0.279 e. The summed E-state index contributed by atoms with van der Waals surface area (Å²) in [5, 5.41) is 0. The largest absolute Gasteiger partial charge is 0.349 e. The second kappa shape index (κ2) is 5.61. The van der Waals surface area contributed by atoms with Crippen LogP contribution in [0.5, 0.6) is 0 Å². The van der Waals surface area contributed by atoms with Crippen LogP contribution in [-0.4, -0.2) is 42.3 Å². The first kappa shape index (κ1) is 12.5. The molecule has 1 aromatic rings. The van der Waals surface area contributed by atoms with Crippen LogP contribution in [0.3, 0.4) is 0 Å². The van der Waals surface area contributed by atoms with Crippen molar-refractivity contribution in [2.24, 2.45) is 0 Å². The predicted molar refractivity (Wildman–Crippen MR) is 64.6 cm³/mol. The third kappa shape index (κ3) is 3.52. The molecular formula is C10H18N4O2S. The number of piperidine rings is 1. The monoisotopic (exact) mass is 258 g/mol. The molecule has 0 unspecified atom stereocenters. The van der Waals surface area contributed by atoms with Crippen molar-refractivity contribution < 1.29 is 8.42 Å². The van der Waals surface area contributed by atoms with Crippen molar-refractivity contribution in [3.05, 3.63) is 18.2 Å². The third-order valence-electron chi connectivity index (χ3n) is 2.86. The molecule has 0 aromatic carbocycles. The molecule has 96 valence electrons. The van der Waals surface area contributed by atoms with Crippen molar-refractivity contribution in [3.63, 3.8) is 0 Å². The molecule has 0 saturated carbocycles. The molecular weight excluding hydrogens is 240 g/mol. The molecule has 6 nitrogen and oxygen atoms in total. The fraction of sp³-hybridized carbons (Fsp3) is 0.700. The van der Waals surface area contributed by atoms with Crippen molar-refractivity contribution in [2.45, 2.75) is 25.7 Å². The normalized spacial score (nSPS) is 18.4. The van der Waals surface area contributed by atoms with Gasteiger partial charge in [-0.1, -0.05) is 6.42 Å². The smallest absolute Gasteiger partial charge is 0.279 e. The highest BCUT2D eigenvalue weighted by Crippen LogP contribution is 2.11. The highest BCUT2D eigenvalue weighted by molar-refractivity contribution is 7.87. The molecule has 0 amide bonds. The quantitative estimate of drug-likeness (QED) is 0.796. The van der Waals surface area contributed by atoms with Crippen LogP contribution >= 0.6 is 0 Å². The summed E-state index contributed by atoms with van der Waals surface area (Å²) in [6, 6.07) is 0. The van der Waals surface area contributed by atoms with Gasteiger partial charge in [0.25, 0.3) is 10.2 Å². The van der Waals surface area contributed by atoms with Gasteiger partial charge in [-0.3, -0.25) is 0 Å². The minimum absolute atomic E-state index is 0.381. The molecule has 1 aromatic heterocycles. The van der Waals surface area contributed by atoms with Crippen molar-refractivity contribution in [3.8, 4) is 0 Å². The number of H-pyrrole nitrogens is 1. The second-order valence-corrected chi connectivity index (χ2v) is 5.90. The standard InChI is InChI=1S/C10H18N4O2S/c15-17(16,14-8-2-1-3-9-14)13-5-4-10-11-6-7-12-10/h6-7,13H,1-5,8-9H2,(H,11,12). The summed E-state index contributed by atoms with van der Waals surface area (Å²) in [7, 11) is -3.29. The molecule has 17 heavy (non-hydrogen) atoms. The summed E-state index contributed by atoms with van der Waals surface area (Å²) >= 11 is 0. The molecule has 7 heteroatoms. The average Bonchev–Trinajstić information content (AvgIpc) is 2.83. The van der Waals surface area contributed by atoms with E-state index in [1.165, 1.54) is 4.31 Å². The summed E-state index contributed by atoms with van der Waals surface area (Å²) in [5.41, 5.74) is 0. The second-order valence-electron chi connectivity index (χ2n) is 4.14. The molecule has 1 saturated heterocycles. The number of imidazole rings is 1. The minimum atomic E-state index is -3.29. The van der Waals surface area contributed by atoms with Crippen molar-refractivity contribution in [1.29, 1.82) is 0 Å². The van der Waals surface area contributed by atoms with Crippen LogP contribution in [0.15, 0.2) is 12.4 Å². The molecule has 2 rings (SSSR count). The average molecular weight is 258 g/mol. The lowest BCUT2D eigenvalue weighted by molar-refractivity contribution is 0.342. The molecule has 0 aliphatic carbocycles. The number of hydrogen-bond donors (Lipinski definition) is 2. The SMILES string of the molecule is O=S(=O)(NCCc1ncc[nH]1)N1CCCCC1. The number of rotatable bonds is 5. The molecule has 2 N–H and O–H groups in total. The van der Waals surface area contributed by atoms with Gasteiger partial charge in [-0.05, 0) is 12.8 Å². The lowest BCUT2D eigenvalue weighted by atomic mass is 10.2. The number of aromatic amines is 1. The van der Waals surface area contributed by atoms with Gasteiger partial charge in [0.05, 0.1) is 0 Å². The molecule has 1 fully saturated rings. The van der Waals surface area contributed by atoms with Crippen LogP contribution in [0.25, 0.3) is 0 Å². The van der Waals surface area contributed by atoms with Gasteiger partial charge in [0.15, 0.2) is 0 Å². The van der Waals surface area contributed by atoms with E-state index in [9.17, 15) is 8.42 Å². The summed E-state index contributed by atoms with van der Waals surface area (Å²) < 4.78 is 27.9. The van der Waals surface area contributed by atoms with E-state index >= 15 is 0 Å². The summed E-state index contributed by atoms with van der Waals surface area (Å²) in [4.78, 5) is 6.99. The first-order chi connectivity index (χ1) is 8.18. The van der Waals surface area contributed by atoms with Crippen LogP contribution in [0.1, 0.15) is 25.1 Å². The van der Waals surface area contributed by atoms with Crippen molar-refractivity contribution >= 4 is 10.2 Å². The van der Waals surface area contributed by atoms with Gasteiger partial charge in [-0.15, -0.1) is 0 Å². The van der Waals surface area contributed by atoms with Gasteiger partial charge >= 0.3 is 0 Å². The van der Waals surface area contributed by atoms with E-state index in [-0.39, 0.29) is 0 Å². The number of nitrogens with zero attached hydrogens (tertiary/aromatic N) is 2. The molecule has 1 aliphatic heterocycles. The van der Waals surface area contributed by atoms with Gasteiger partial charge in [-0.2, -0.15) is 12.7 Å². The van der Waals surface area contributed by atoms with Gasteiger partial charge < -0.3 is 4.98 Å². The fourth-order valence-corrected chi connectivity index (χ4v) is 3.21. The molecule has 2 heterocycles. The fourth-order valence-electron chi connectivity index (χ4n) is 1.93. The maximum absolute atomic E-state index is 11.9. The summed E-state index contributed by atoms with van der Waals surface area (Å²) in [5.74, 6) is 0.798. The lowest BCUT2D eigenvalue weighted by Crippen LogP contribution is -2.44. The Morgan fingerprint density at radius 3 is 2.76 bits per heavy atom. The Kier molecular flexibility index (Phi) is 4.14. The lowest BCUT2D eigenvalue weighted by Gasteiger charge is -2.25. The molecule has 0 atom stereocenters. The molecule has 1 aliphatic rings. The Labute approximate surface area is 102 Å². The highest BCUT2D eigenvalue weighted by Gasteiger charge is 2.22. The van der Waals surface area contributed by atoms with E-state index < -0.39 is 10.2 Å². The van der Waals surface area contributed by atoms with E-state index in [4.69, 9.17) is 0 Å². The van der Waals surface area contributed by atoms with Crippen molar-refractivity contribution in [1.82, 2.24) is 19.0 Å². The molecule has 0 spiro atoms. The van der Waals surface area contributed by atoms with Crippen LogP contribution in [0.2, 0.25) is 0 Å². The highest BCUT2D eigenvalue weighted by atomic mass is 32.2. The Balaban J connectivity index is 1.80. The summed E-state index contributed by atoms with van der Waals surface area (Å²) in [6.07, 6.45) is 7.01. The number of nitrogens with one attached hydrogen (secondary N) is 2. The first-order valence-electron chi connectivity index (χ1n) is 5.91. The topological polar surface area (TPSA) is 78.1 Å². The zero-order valence-electron chi connectivity index (χ0n) is 9.72. The van der Waals surface area contributed by atoms with E-state index in [0.29, 0.717) is 26.1 Å². The van der Waals surface area contributed by atoms with Crippen LogP contribution < -0.4 is 4.72 Å². The van der Waals surface area contributed by atoms with Crippen LogP contribution in [-0.2, 0) is 16.6 Å². The molecule has 0 radical (unpaired) electrons. The number of aromatic nitrogens is 2. The Hall–Kier alpha value is -0.920. The third-order valence-corrected chi connectivity index (χ3v) is 4.47. The Bertz CT molecular complexity index is 423. The number of hydrogen-bond acceptors (Lipinski definition) is 3. The molecule has 0 bridgehead atoms. The van der Waals surface area contributed by atoms with Gasteiger partial charge in [-0.25, -0.2) is 9.71 Å². The zero-order valence-corrected chi connectivity index (χ0v) is 10.5. The van der Waals surface area contributed by atoms with Gasteiger partial charge in [0.1, 0.15) is 5.82 Å². The van der Waals surface area contributed by atoms with E-state index in [1.54, 1.807) is 12.4 Å². The summed E-state index contributed by atoms with van der Waals surface area (Å²) in [6.45, 7) is 1.65. The Morgan fingerprint density at radius 2 is 2.12 bits per heavy atom. The zero-order chi connectivity index (χ0) is 12.1. The van der Waals surface area contributed by atoms with Crippen LogP contribution in [0.4, 0.5) is 0 Å². The van der Waals surface area contributed by atoms with Crippen molar-refractivity contribution in [2.75, 3.05) is 19.6 Å². The maximum atomic E-state index is 11.9. The Morgan fingerprint density at radius 1 is 1.35 bits per heavy atom.